The zero-order chi connectivity index (χ0) is 25.5. The molecule has 2 aliphatic heterocycles. The van der Waals surface area contributed by atoms with E-state index in [1.807, 2.05) is 13.0 Å². The number of carbonyl (C=O) groups is 3. The lowest BCUT2D eigenvalue weighted by Gasteiger charge is -2.42. The number of rotatable bonds is 9. The van der Waals surface area contributed by atoms with Gasteiger partial charge in [-0.3, -0.25) is 14.6 Å². The van der Waals surface area contributed by atoms with Crippen molar-refractivity contribution in [3.63, 3.8) is 0 Å². The monoisotopic (exact) mass is 504 g/mol. The number of carbonyl (C=O) groups excluding carboxylic acids is 3. The number of benzene rings is 1. The molecule has 0 spiro atoms. The van der Waals surface area contributed by atoms with Crippen LogP contribution in [0.1, 0.15) is 25.5 Å². The standard InChI is InChI=1S/C25H33ClN4O5/c1-5-10-30-20(15-28-11-12-29(17(3)14-28)21(31)16-34-4)22(24(32)35-6-2)23(27-25(30)33)18-8-7-9-19(26)13-18/h5,7-9,13,17,23H,1,6,10-12,14-16H2,2-4H3,(H,27,33). The topological polar surface area (TPSA) is 91.4 Å². The van der Waals surface area contributed by atoms with E-state index >= 15 is 0 Å². The lowest BCUT2D eigenvalue weighted by molar-refractivity contribution is -0.139. The largest absolute Gasteiger partial charge is 0.463 e. The quantitative estimate of drug-likeness (QED) is 0.410. The van der Waals surface area contributed by atoms with Gasteiger partial charge in [0.1, 0.15) is 6.61 Å². The summed E-state index contributed by atoms with van der Waals surface area (Å²) < 4.78 is 10.4. The molecule has 0 radical (unpaired) electrons. The number of urea groups is 1. The summed E-state index contributed by atoms with van der Waals surface area (Å²) in [5.41, 5.74) is 1.61. The van der Waals surface area contributed by atoms with Crippen molar-refractivity contribution in [3.8, 4) is 0 Å². The molecule has 2 unspecified atom stereocenters. The molecular weight excluding hydrogens is 472 g/mol. The van der Waals surface area contributed by atoms with E-state index in [2.05, 4.69) is 16.8 Å². The summed E-state index contributed by atoms with van der Waals surface area (Å²) in [5, 5.41) is 3.43. The number of amides is 3. The molecule has 0 bridgehead atoms. The molecule has 0 aliphatic carbocycles. The summed E-state index contributed by atoms with van der Waals surface area (Å²) in [6.07, 6.45) is 1.62. The fourth-order valence-electron chi connectivity index (χ4n) is 4.55. The Morgan fingerprint density at radius 1 is 1.31 bits per heavy atom. The second kappa shape index (κ2) is 12.2. The van der Waals surface area contributed by atoms with E-state index in [-0.39, 0.29) is 37.7 Å². The molecule has 10 heteroatoms. The number of halogens is 1. The zero-order valence-electron chi connectivity index (χ0n) is 20.5. The highest BCUT2D eigenvalue weighted by atomic mass is 35.5. The number of nitrogens with zero attached hydrogens (tertiary/aromatic N) is 3. The number of hydrogen-bond acceptors (Lipinski definition) is 6. The summed E-state index contributed by atoms with van der Waals surface area (Å²) >= 11 is 6.22. The third-order valence-corrected chi connectivity index (χ3v) is 6.34. The molecule has 2 aliphatic rings. The van der Waals surface area contributed by atoms with Crippen molar-refractivity contribution in [2.45, 2.75) is 25.9 Å². The summed E-state index contributed by atoms with van der Waals surface area (Å²) in [6.45, 7) is 10.00. The van der Waals surface area contributed by atoms with E-state index in [0.29, 0.717) is 48.0 Å². The predicted octanol–water partition coefficient (Wildman–Crippen LogP) is 2.59. The Bertz CT molecular complexity index is 998. The van der Waals surface area contributed by atoms with Gasteiger partial charge in [0.2, 0.25) is 5.91 Å². The summed E-state index contributed by atoms with van der Waals surface area (Å²) in [4.78, 5) is 44.2. The van der Waals surface area contributed by atoms with Crippen molar-refractivity contribution in [1.29, 1.82) is 0 Å². The maximum absolute atomic E-state index is 13.3. The van der Waals surface area contributed by atoms with Gasteiger partial charge in [-0.15, -0.1) is 6.58 Å². The third-order valence-electron chi connectivity index (χ3n) is 6.10. The summed E-state index contributed by atoms with van der Waals surface area (Å²) in [7, 11) is 1.50. The van der Waals surface area contributed by atoms with Crippen LogP contribution in [0, 0.1) is 0 Å². The first kappa shape index (κ1) is 26.7. The fourth-order valence-corrected chi connectivity index (χ4v) is 4.75. The average molecular weight is 505 g/mol. The van der Waals surface area contributed by atoms with Crippen LogP contribution in [0.5, 0.6) is 0 Å². The van der Waals surface area contributed by atoms with Gasteiger partial charge in [0.15, 0.2) is 0 Å². The van der Waals surface area contributed by atoms with Crippen LogP contribution in [0.4, 0.5) is 4.79 Å². The highest BCUT2D eigenvalue weighted by molar-refractivity contribution is 6.30. The van der Waals surface area contributed by atoms with Gasteiger partial charge in [-0.2, -0.15) is 0 Å². The number of esters is 1. The van der Waals surface area contributed by atoms with Crippen LogP contribution in [-0.4, -0.2) is 91.7 Å². The van der Waals surface area contributed by atoms with E-state index in [0.717, 1.165) is 0 Å². The molecule has 2 atom stereocenters. The Labute approximate surface area is 211 Å². The fraction of sp³-hybridized carbons (Fsp3) is 0.480. The minimum absolute atomic E-state index is 0.0388. The molecule has 0 aromatic heterocycles. The van der Waals surface area contributed by atoms with E-state index < -0.39 is 12.0 Å². The minimum Gasteiger partial charge on any atom is -0.463 e. The van der Waals surface area contributed by atoms with Gasteiger partial charge in [0.25, 0.3) is 0 Å². The van der Waals surface area contributed by atoms with Gasteiger partial charge in [0.05, 0.1) is 18.2 Å². The Balaban J connectivity index is 1.99. The lowest BCUT2D eigenvalue weighted by Crippen LogP contribution is -2.57. The molecule has 1 fully saturated rings. The molecule has 1 N–H and O–H groups in total. The second-order valence-corrected chi connectivity index (χ2v) is 8.96. The van der Waals surface area contributed by atoms with Gasteiger partial charge < -0.3 is 19.7 Å². The molecule has 35 heavy (non-hydrogen) atoms. The van der Waals surface area contributed by atoms with E-state index in [4.69, 9.17) is 21.1 Å². The summed E-state index contributed by atoms with van der Waals surface area (Å²) in [5.74, 6) is -0.555. The Kier molecular flexibility index (Phi) is 9.31. The van der Waals surface area contributed by atoms with Crippen molar-refractivity contribution in [2.75, 3.05) is 53.0 Å². The number of piperazine rings is 1. The first-order chi connectivity index (χ1) is 16.8. The Hall–Kier alpha value is -2.88. The predicted molar refractivity (Wildman–Crippen MR) is 133 cm³/mol. The summed E-state index contributed by atoms with van der Waals surface area (Å²) in [6, 6.07) is 5.97. The minimum atomic E-state index is -0.710. The third kappa shape index (κ3) is 6.22. The highest BCUT2D eigenvalue weighted by Gasteiger charge is 2.39. The first-order valence-electron chi connectivity index (χ1n) is 11.7. The number of methoxy groups -OCH3 is 1. The first-order valence-corrected chi connectivity index (χ1v) is 12.0. The lowest BCUT2D eigenvalue weighted by atomic mass is 9.94. The van der Waals surface area contributed by atoms with Crippen LogP contribution in [-0.2, 0) is 19.1 Å². The van der Waals surface area contributed by atoms with Gasteiger partial charge in [-0.25, -0.2) is 9.59 Å². The molecule has 190 valence electrons. The normalized spacial score (nSPS) is 21.1. The van der Waals surface area contributed by atoms with Crippen LogP contribution in [0.25, 0.3) is 0 Å². The molecule has 0 saturated carbocycles. The molecule has 3 rings (SSSR count). The van der Waals surface area contributed by atoms with Crippen molar-refractivity contribution in [1.82, 2.24) is 20.0 Å². The van der Waals surface area contributed by atoms with Crippen LogP contribution in [0.3, 0.4) is 0 Å². The van der Waals surface area contributed by atoms with Crippen LogP contribution in [0.15, 0.2) is 48.2 Å². The molecule has 1 aromatic rings. The maximum Gasteiger partial charge on any atom is 0.338 e. The van der Waals surface area contributed by atoms with Crippen molar-refractivity contribution in [3.05, 3.63) is 58.8 Å². The van der Waals surface area contributed by atoms with Gasteiger partial charge in [-0.05, 0) is 31.5 Å². The average Bonchev–Trinajstić information content (AvgIpc) is 2.81. The molecule has 1 aromatic carbocycles. The molecule has 2 heterocycles. The van der Waals surface area contributed by atoms with E-state index in [1.54, 1.807) is 36.1 Å². The molecular formula is C25H33ClN4O5. The van der Waals surface area contributed by atoms with Crippen molar-refractivity contribution in [2.24, 2.45) is 0 Å². The SMILES string of the molecule is C=CCN1C(=O)NC(c2cccc(Cl)c2)C(C(=O)OCC)=C1CN1CCN(C(=O)COC)C(C)C1. The highest BCUT2D eigenvalue weighted by Crippen LogP contribution is 2.33. The smallest absolute Gasteiger partial charge is 0.338 e. The zero-order valence-corrected chi connectivity index (χ0v) is 21.2. The van der Waals surface area contributed by atoms with Crippen molar-refractivity contribution >= 4 is 29.5 Å². The van der Waals surface area contributed by atoms with Gasteiger partial charge in [0, 0.05) is 56.6 Å². The Morgan fingerprint density at radius 3 is 2.71 bits per heavy atom. The van der Waals surface area contributed by atoms with Crippen molar-refractivity contribution < 1.29 is 23.9 Å². The van der Waals surface area contributed by atoms with E-state index in [1.165, 1.54) is 12.0 Å². The molecule has 9 nitrogen and oxygen atoms in total. The molecule has 3 amide bonds. The maximum atomic E-state index is 13.3. The molecule has 1 saturated heterocycles. The Morgan fingerprint density at radius 2 is 2.09 bits per heavy atom. The van der Waals surface area contributed by atoms with Gasteiger partial charge >= 0.3 is 12.0 Å². The van der Waals surface area contributed by atoms with Crippen LogP contribution in [0.2, 0.25) is 5.02 Å². The van der Waals surface area contributed by atoms with Gasteiger partial charge in [-0.1, -0.05) is 29.8 Å². The second-order valence-electron chi connectivity index (χ2n) is 8.52. The van der Waals surface area contributed by atoms with Crippen LogP contribution < -0.4 is 5.32 Å². The van der Waals surface area contributed by atoms with Crippen LogP contribution >= 0.6 is 11.6 Å². The van der Waals surface area contributed by atoms with E-state index in [9.17, 15) is 14.4 Å². The number of ether oxygens (including phenoxy) is 2. The number of nitrogens with one attached hydrogen (secondary N) is 1. The number of hydrogen-bond donors (Lipinski definition) is 1.